The zero-order chi connectivity index (χ0) is 13.7. The fourth-order valence-electron chi connectivity index (χ4n) is 2.36. The van der Waals surface area contributed by atoms with Crippen LogP contribution < -0.4 is 0 Å². The molecule has 19 heavy (non-hydrogen) atoms. The molecule has 1 aliphatic heterocycles. The van der Waals surface area contributed by atoms with Gasteiger partial charge in [-0.25, -0.2) is 0 Å². The topological polar surface area (TPSA) is 37.4 Å². The van der Waals surface area contributed by atoms with Crippen LogP contribution in [-0.4, -0.2) is 29.7 Å². The maximum atomic E-state index is 12.0. The van der Waals surface area contributed by atoms with E-state index in [9.17, 15) is 9.59 Å². The van der Waals surface area contributed by atoms with Gasteiger partial charge < -0.3 is 4.90 Å². The third-order valence-electron chi connectivity index (χ3n) is 3.73. The molecule has 0 bridgehead atoms. The van der Waals surface area contributed by atoms with Crippen LogP contribution in [0, 0.1) is 0 Å². The van der Waals surface area contributed by atoms with Crippen molar-refractivity contribution in [2.45, 2.75) is 39.0 Å². The molecular weight excluding hydrogens is 238 g/mol. The van der Waals surface area contributed by atoms with Gasteiger partial charge in [0.2, 0.25) is 5.91 Å². The molecule has 0 N–H and O–H groups in total. The van der Waals surface area contributed by atoms with Crippen molar-refractivity contribution < 1.29 is 9.59 Å². The van der Waals surface area contributed by atoms with E-state index in [-0.39, 0.29) is 11.7 Å². The monoisotopic (exact) mass is 259 g/mol. The molecule has 0 aliphatic carbocycles. The predicted molar refractivity (Wildman–Crippen MR) is 75.0 cm³/mol. The van der Waals surface area contributed by atoms with Crippen LogP contribution in [0.5, 0.6) is 0 Å². The molecule has 1 heterocycles. The lowest BCUT2D eigenvalue weighted by Crippen LogP contribution is -2.38. The molecule has 102 valence electrons. The highest BCUT2D eigenvalue weighted by molar-refractivity contribution is 5.83. The molecule has 1 amide bonds. The van der Waals surface area contributed by atoms with Crippen molar-refractivity contribution in [2.24, 2.45) is 0 Å². The Morgan fingerprint density at radius 3 is 2.26 bits per heavy atom. The van der Waals surface area contributed by atoms with Crippen LogP contribution >= 0.6 is 0 Å². The lowest BCUT2D eigenvalue weighted by atomic mass is 10.0. The van der Waals surface area contributed by atoms with Crippen molar-refractivity contribution in [3.8, 4) is 0 Å². The lowest BCUT2D eigenvalue weighted by Gasteiger charge is -2.26. The predicted octanol–water partition coefficient (Wildman–Crippen LogP) is 2.37. The number of piperidine rings is 1. The molecule has 1 aromatic carbocycles. The van der Waals surface area contributed by atoms with E-state index in [0.29, 0.717) is 32.4 Å². The fourth-order valence-corrected chi connectivity index (χ4v) is 2.36. The number of rotatable bonds is 4. The minimum absolute atomic E-state index is 0.173. The van der Waals surface area contributed by atoms with E-state index in [1.807, 2.05) is 4.90 Å². The van der Waals surface area contributed by atoms with Gasteiger partial charge in [-0.3, -0.25) is 9.59 Å². The first-order chi connectivity index (χ1) is 9.19. The van der Waals surface area contributed by atoms with Crippen LogP contribution in [0.4, 0.5) is 0 Å². The first kappa shape index (κ1) is 13.8. The van der Waals surface area contributed by atoms with Gasteiger partial charge in [0.25, 0.3) is 0 Å². The van der Waals surface area contributed by atoms with E-state index in [0.717, 1.165) is 12.8 Å². The summed E-state index contributed by atoms with van der Waals surface area (Å²) in [5.74, 6) is 0.450. The van der Waals surface area contributed by atoms with E-state index in [4.69, 9.17) is 0 Å². The van der Waals surface area contributed by atoms with Crippen molar-refractivity contribution >= 4 is 11.7 Å². The highest BCUT2D eigenvalue weighted by atomic mass is 16.2. The second-order valence-corrected chi connectivity index (χ2v) is 5.09. The summed E-state index contributed by atoms with van der Waals surface area (Å²) in [6, 6.07) is 8.45. The Hall–Kier alpha value is -1.64. The van der Waals surface area contributed by atoms with Crippen molar-refractivity contribution in [2.75, 3.05) is 13.1 Å². The summed E-state index contributed by atoms with van der Waals surface area (Å²) in [6.45, 7) is 3.34. The standard InChI is InChI=1S/C16H21NO2/c1-2-13-3-5-14(6-4-13)7-8-16(19)17-11-9-15(18)10-12-17/h3-6H,2,7-12H2,1H3. The van der Waals surface area contributed by atoms with Crippen LogP contribution in [0.15, 0.2) is 24.3 Å². The Balaban J connectivity index is 1.80. The van der Waals surface area contributed by atoms with Gasteiger partial charge in [-0.15, -0.1) is 0 Å². The fraction of sp³-hybridized carbons (Fsp3) is 0.500. The minimum Gasteiger partial charge on any atom is -0.342 e. The molecule has 1 aromatic rings. The first-order valence-corrected chi connectivity index (χ1v) is 7.06. The summed E-state index contributed by atoms with van der Waals surface area (Å²) >= 11 is 0. The van der Waals surface area contributed by atoms with Gasteiger partial charge in [0.15, 0.2) is 0 Å². The number of carbonyl (C=O) groups excluding carboxylic acids is 2. The van der Waals surface area contributed by atoms with Gasteiger partial charge in [0.05, 0.1) is 0 Å². The zero-order valence-corrected chi connectivity index (χ0v) is 11.5. The molecule has 0 saturated carbocycles. The third kappa shape index (κ3) is 3.91. The molecule has 3 heteroatoms. The Morgan fingerprint density at radius 2 is 1.68 bits per heavy atom. The Morgan fingerprint density at radius 1 is 1.11 bits per heavy atom. The zero-order valence-electron chi connectivity index (χ0n) is 11.5. The molecular formula is C16H21NO2. The SMILES string of the molecule is CCc1ccc(CCC(=O)N2CCC(=O)CC2)cc1. The number of Topliss-reactive ketones (excluding diaryl/α,β-unsaturated/α-hetero) is 1. The maximum Gasteiger partial charge on any atom is 0.222 e. The average molecular weight is 259 g/mol. The highest BCUT2D eigenvalue weighted by Crippen LogP contribution is 2.11. The molecule has 1 aliphatic rings. The molecule has 3 nitrogen and oxygen atoms in total. The Labute approximate surface area is 114 Å². The summed E-state index contributed by atoms with van der Waals surface area (Å²) in [5, 5.41) is 0. The molecule has 1 fully saturated rings. The molecule has 0 aromatic heterocycles. The van der Waals surface area contributed by atoms with Gasteiger partial charge >= 0.3 is 0 Å². The van der Waals surface area contributed by atoms with Crippen molar-refractivity contribution in [1.29, 1.82) is 0 Å². The molecule has 0 unspecified atom stereocenters. The van der Waals surface area contributed by atoms with Gasteiger partial charge in [-0.1, -0.05) is 31.2 Å². The number of likely N-dealkylation sites (tertiary alicyclic amines) is 1. The summed E-state index contributed by atoms with van der Waals surface area (Å²) in [4.78, 5) is 25.0. The van der Waals surface area contributed by atoms with Gasteiger partial charge in [-0.05, 0) is 24.0 Å². The smallest absolute Gasteiger partial charge is 0.222 e. The summed E-state index contributed by atoms with van der Waals surface area (Å²) in [5.41, 5.74) is 2.53. The third-order valence-corrected chi connectivity index (χ3v) is 3.73. The van der Waals surface area contributed by atoms with Crippen molar-refractivity contribution in [3.63, 3.8) is 0 Å². The number of ketones is 1. The number of aryl methyl sites for hydroxylation is 2. The van der Waals surface area contributed by atoms with Crippen LogP contribution in [0.3, 0.4) is 0 Å². The number of benzene rings is 1. The molecule has 0 atom stereocenters. The van der Waals surface area contributed by atoms with Crippen LogP contribution in [-0.2, 0) is 22.4 Å². The quantitative estimate of drug-likeness (QED) is 0.832. The van der Waals surface area contributed by atoms with Crippen LogP contribution in [0.2, 0.25) is 0 Å². The van der Waals surface area contributed by atoms with Gasteiger partial charge in [0, 0.05) is 32.4 Å². The summed E-state index contributed by atoms with van der Waals surface area (Å²) in [7, 11) is 0. The van der Waals surface area contributed by atoms with E-state index >= 15 is 0 Å². The normalized spacial score (nSPS) is 15.6. The number of hydrogen-bond donors (Lipinski definition) is 0. The Kier molecular flexibility index (Phi) is 4.72. The van der Waals surface area contributed by atoms with Crippen LogP contribution in [0.25, 0.3) is 0 Å². The summed E-state index contributed by atoms with van der Waals surface area (Å²) in [6.07, 6.45) is 3.42. The number of carbonyl (C=O) groups is 2. The second kappa shape index (κ2) is 6.50. The molecule has 2 rings (SSSR count). The number of hydrogen-bond acceptors (Lipinski definition) is 2. The number of nitrogens with zero attached hydrogens (tertiary/aromatic N) is 1. The molecule has 0 spiro atoms. The van der Waals surface area contributed by atoms with E-state index in [1.165, 1.54) is 11.1 Å². The summed E-state index contributed by atoms with van der Waals surface area (Å²) < 4.78 is 0. The molecule has 0 radical (unpaired) electrons. The highest BCUT2D eigenvalue weighted by Gasteiger charge is 2.20. The van der Waals surface area contributed by atoms with E-state index < -0.39 is 0 Å². The maximum absolute atomic E-state index is 12.0. The largest absolute Gasteiger partial charge is 0.342 e. The van der Waals surface area contributed by atoms with Gasteiger partial charge in [-0.2, -0.15) is 0 Å². The molecule has 1 saturated heterocycles. The number of amides is 1. The minimum atomic E-state index is 0.173. The van der Waals surface area contributed by atoms with Crippen LogP contribution in [0.1, 0.15) is 37.3 Å². The van der Waals surface area contributed by atoms with Crippen molar-refractivity contribution in [1.82, 2.24) is 4.90 Å². The average Bonchev–Trinajstić information content (AvgIpc) is 2.46. The first-order valence-electron chi connectivity index (χ1n) is 7.06. The lowest BCUT2D eigenvalue weighted by molar-refractivity contribution is -0.134. The second-order valence-electron chi connectivity index (χ2n) is 5.09. The van der Waals surface area contributed by atoms with E-state index in [1.54, 1.807) is 0 Å². The Bertz CT molecular complexity index is 440. The van der Waals surface area contributed by atoms with Gasteiger partial charge in [0.1, 0.15) is 5.78 Å². The van der Waals surface area contributed by atoms with E-state index in [2.05, 4.69) is 31.2 Å². The van der Waals surface area contributed by atoms with Crippen molar-refractivity contribution in [3.05, 3.63) is 35.4 Å².